The molecule has 1 atom stereocenters. The quantitative estimate of drug-likeness (QED) is 0.757. The van der Waals surface area contributed by atoms with Crippen LogP contribution in [0.5, 0.6) is 0 Å². The van der Waals surface area contributed by atoms with Gasteiger partial charge in [0.25, 0.3) is 5.91 Å². The summed E-state index contributed by atoms with van der Waals surface area (Å²) in [5.41, 5.74) is 1.98. The van der Waals surface area contributed by atoms with Crippen LogP contribution in [0, 0.1) is 5.82 Å². The number of benzene rings is 2. The monoisotopic (exact) mass is 354 g/mol. The van der Waals surface area contributed by atoms with E-state index in [-0.39, 0.29) is 28.7 Å². The van der Waals surface area contributed by atoms with E-state index in [2.05, 4.69) is 5.16 Å². The van der Waals surface area contributed by atoms with Gasteiger partial charge in [-0.15, -0.1) is 0 Å². The summed E-state index contributed by atoms with van der Waals surface area (Å²) in [6.45, 7) is 1.90. The zero-order chi connectivity index (χ0) is 18.7. The molecule has 3 aromatic rings. The van der Waals surface area contributed by atoms with Crippen LogP contribution in [0.2, 0.25) is 0 Å². The summed E-state index contributed by atoms with van der Waals surface area (Å²) in [5, 5.41) is 13.9. The van der Waals surface area contributed by atoms with E-state index >= 15 is 0 Å². The molecule has 5 nitrogen and oxygen atoms in total. The Morgan fingerprint density at radius 2 is 1.85 bits per heavy atom. The number of halogens is 1. The van der Waals surface area contributed by atoms with Gasteiger partial charge in [0.2, 0.25) is 0 Å². The first-order chi connectivity index (χ1) is 12.5. The van der Waals surface area contributed by atoms with E-state index < -0.39 is 6.10 Å². The predicted molar refractivity (Wildman–Crippen MR) is 94.8 cm³/mol. The topological polar surface area (TPSA) is 66.6 Å². The Bertz CT molecular complexity index is 889. The van der Waals surface area contributed by atoms with Crippen molar-refractivity contribution in [2.45, 2.75) is 19.6 Å². The molecule has 0 radical (unpaired) electrons. The Morgan fingerprint density at radius 3 is 2.46 bits per heavy atom. The van der Waals surface area contributed by atoms with Crippen molar-refractivity contribution in [3.8, 4) is 11.3 Å². The summed E-state index contributed by atoms with van der Waals surface area (Å²) in [6, 6.07) is 15.2. The first kappa shape index (κ1) is 17.8. The fourth-order valence-electron chi connectivity index (χ4n) is 2.72. The molecule has 0 saturated carbocycles. The molecule has 0 aliphatic rings. The fraction of sp³-hybridized carbons (Fsp3) is 0.200. The molecular weight excluding hydrogens is 335 g/mol. The van der Waals surface area contributed by atoms with Crippen LogP contribution in [-0.4, -0.2) is 28.1 Å². The molecule has 134 valence electrons. The maximum absolute atomic E-state index is 13.2. The molecule has 26 heavy (non-hydrogen) atoms. The average Bonchev–Trinajstić information content (AvgIpc) is 3.07. The highest BCUT2D eigenvalue weighted by atomic mass is 19.1. The zero-order valence-corrected chi connectivity index (χ0v) is 14.5. The molecule has 1 heterocycles. The largest absolute Gasteiger partial charge is 0.385 e. The van der Waals surface area contributed by atoms with Crippen LogP contribution in [0.3, 0.4) is 0 Å². The van der Waals surface area contributed by atoms with Crippen LogP contribution in [0.15, 0.2) is 59.1 Å². The van der Waals surface area contributed by atoms with E-state index in [9.17, 15) is 14.3 Å². The molecule has 0 fully saturated rings. The second-order valence-electron chi connectivity index (χ2n) is 6.10. The molecule has 3 rings (SSSR count). The summed E-state index contributed by atoms with van der Waals surface area (Å²) < 4.78 is 18.4. The lowest BCUT2D eigenvalue weighted by Crippen LogP contribution is -2.27. The van der Waals surface area contributed by atoms with Gasteiger partial charge in [-0.2, -0.15) is 0 Å². The highest BCUT2D eigenvalue weighted by Crippen LogP contribution is 2.30. The van der Waals surface area contributed by atoms with Crippen molar-refractivity contribution < 1.29 is 18.8 Å². The van der Waals surface area contributed by atoms with Gasteiger partial charge in [0.05, 0.1) is 0 Å². The van der Waals surface area contributed by atoms with Crippen LogP contribution < -0.4 is 0 Å². The van der Waals surface area contributed by atoms with Gasteiger partial charge < -0.3 is 14.5 Å². The van der Waals surface area contributed by atoms with E-state index in [4.69, 9.17) is 4.52 Å². The maximum atomic E-state index is 13.2. The number of carbonyl (C=O) groups excluding carboxylic acids is 1. The van der Waals surface area contributed by atoms with Crippen molar-refractivity contribution in [3.05, 3.63) is 77.3 Å². The van der Waals surface area contributed by atoms with Gasteiger partial charge in [-0.1, -0.05) is 35.5 Å². The van der Waals surface area contributed by atoms with E-state index in [1.54, 1.807) is 7.05 Å². The van der Waals surface area contributed by atoms with E-state index in [0.717, 1.165) is 5.56 Å². The second-order valence-corrected chi connectivity index (χ2v) is 6.10. The molecule has 0 aliphatic heterocycles. The molecule has 0 saturated heterocycles. The fourth-order valence-corrected chi connectivity index (χ4v) is 2.72. The highest BCUT2D eigenvalue weighted by Gasteiger charge is 2.28. The normalized spacial score (nSPS) is 12.0. The van der Waals surface area contributed by atoms with Crippen LogP contribution in [0.25, 0.3) is 11.3 Å². The van der Waals surface area contributed by atoms with Crippen molar-refractivity contribution in [2.75, 3.05) is 7.05 Å². The zero-order valence-electron chi connectivity index (χ0n) is 14.5. The number of aliphatic hydroxyl groups is 1. The predicted octanol–water partition coefficient (Wildman–Crippen LogP) is 3.81. The number of aromatic nitrogens is 1. The third-order valence-corrected chi connectivity index (χ3v) is 4.04. The Labute approximate surface area is 150 Å². The Balaban J connectivity index is 1.97. The van der Waals surface area contributed by atoms with Crippen molar-refractivity contribution in [1.29, 1.82) is 0 Å². The number of rotatable bonds is 5. The number of aliphatic hydroxyl groups excluding tert-OH is 1. The summed E-state index contributed by atoms with van der Waals surface area (Å²) >= 11 is 0. The summed E-state index contributed by atoms with van der Waals surface area (Å²) in [7, 11) is 1.67. The van der Waals surface area contributed by atoms with Crippen LogP contribution in [0.4, 0.5) is 4.39 Å². The van der Waals surface area contributed by atoms with Crippen LogP contribution >= 0.6 is 0 Å². The minimum Gasteiger partial charge on any atom is -0.385 e. The van der Waals surface area contributed by atoms with Crippen molar-refractivity contribution in [2.24, 2.45) is 0 Å². The number of hydrogen-bond acceptors (Lipinski definition) is 4. The average molecular weight is 354 g/mol. The molecule has 1 aromatic heterocycles. The van der Waals surface area contributed by atoms with Gasteiger partial charge >= 0.3 is 0 Å². The molecule has 1 unspecified atom stereocenters. The highest BCUT2D eigenvalue weighted by molar-refractivity contribution is 6.00. The maximum Gasteiger partial charge on any atom is 0.259 e. The minimum absolute atomic E-state index is 0.0919. The molecule has 6 heteroatoms. The van der Waals surface area contributed by atoms with Gasteiger partial charge in [-0.25, -0.2) is 4.39 Å². The van der Waals surface area contributed by atoms with E-state index in [0.29, 0.717) is 12.1 Å². The molecule has 0 spiro atoms. The standard InChI is InChI=1S/C20H19FN2O3/c1-13(24)19-17(18(22-26-19)15-8-10-16(21)11-9-15)20(25)23(2)12-14-6-4-3-5-7-14/h3-11,13,24H,12H2,1-2H3. The summed E-state index contributed by atoms with van der Waals surface area (Å²) in [6.07, 6.45) is -0.999. The third kappa shape index (κ3) is 3.65. The Kier molecular flexibility index (Phi) is 5.14. The second kappa shape index (κ2) is 7.49. The van der Waals surface area contributed by atoms with Gasteiger partial charge in [-0.05, 0) is 36.8 Å². The lowest BCUT2D eigenvalue weighted by molar-refractivity contribution is 0.0773. The van der Waals surface area contributed by atoms with Gasteiger partial charge in [0.1, 0.15) is 23.2 Å². The first-order valence-electron chi connectivity index (χ1n) is 8.20. The summed E-state index contributed by atoms with van der Waals surface area (Å²) in [4.78, 5) is 14.6. The third-order valence-electron chi connectivity index (χ3n) is 4.04. The van der Waals surface area contributed by atoms with E-state index in [1.165, 1.54) is 36.1 Å². The van der Waals surface area contributed by atoms with Gasteiger partial charge in [0.15, 0.2) is 5.76 Å². The number of amides is 1. The SMILES string of the molecule is CC(O)c1onc(-c2ccc(F)cc2)c1C(=O)N(C)Cc1ccccc1. The number of hydrogen-bond donors (Lipinski definition) is 1. The van der Waals surface area contributed by atoms with E-state index in [1.807, 2.05) is 30.3 Å². The van der Waals surface area contributed by atoms with Gasteiger partial charge in [-0.3, -0.25) is 4.79 Å². The Morgan fingerprint density at radius 1 is 1.19 bits per heavy atom. The number of nitrogens with zero attached hydrogens (tertiary/aromatic N) is 2. The molecule has 2 aromatic carbocycles. The summed E-state index contributed by atoms with van der Waals surface area (Å²) in [5.74, 6) is -0.623. The van der Waals surface area contributed by atoms with Crippen LogP contribution in [0.1, 0.15) is 34.7 Å². The first-order valence-corrected chi connectivity index (χ1v) is 8.20. The molecule has 0 bridgehead atoms. The molecule has 1 N–H and O–H groups in total. The minimum atomic E-state index is -0.999. The molecule has 1 amide bonds. The molecule has 0 aliphatic carbocycles. The smallest absolute Gasteiger partial charge is 0.259 e. The Hall–Kier alpha value is -2.99. The van der Waals surface area contributed by atoms with Crippen LogP contribution in [-0.2, 0) is 6.54 Å². The lowest BCUT2D eigenvalue weighted by Gasteiger charge is -2.18. The van der Waals surface area contributed by atoms with Crippen molar-refractivity contribution in [3.63, 3.8) is 0 Å². The number of carbonyl (C=O) groups is 1. The van der Waals surface area contributed by atoms with Crippen molar-refractivity contribution >= 4 is 5.91 Å². The molecular formula is C20H19FN2O3. The van der Waals surface area contributed by atoms with Gasteiger partial charge in [0, 0.05) is 19.2 Å². The van der Waals surface area contributed by atoms with Crippen molar-refractivity contribution in [1.82, 2.24) is 10.1 Å². The lowest BCUT2D eigenvalue weighted by atomic mass is 10.0.